The van der Waals surface area contributed by atoms with E-state index in [0.717, 1.165) is 11.3 Å². The molecule has 8 heteroatoms. The summed E-state index contributed by atoms with van der Waals surface area (Å²) in [5, 5.41) is 8.58. The predicted octanol–water partition coefficient (Wildman–Crippen LogP) is -0.145. The van der Waals surface area contributed by atoms with E-state index in [-0.39, 0.29) is 29.3 Å². The highest BCUT2D eigenvalue weighted by atomic mass is 32.2. The van der Waals surface area contributed by atoms with Gasteiger partial charge in [-0.3, -0.25) is 9.59 Å². The monoisotopic (exact) mass is 277 g/mol. The average molecular weight is 277 g/mol. The third-order valence-electron chi connectivity index (χ3n) is 2.63. The molecule has 0 spiro atoms. The molecule has 2 rings (SSSR count). The van der Waals surface area contributed by atoms with Gasteiger partial charge in [0.05, 0.1) is 17.9 Å². The van der Waals surface area contributed by atoms with Crippen molar-refractivity contribution in [3.63, 3.8) is 0 Å². The second-order valence-corrected chi connectivity index (χ2v) is 7.11. The standard InChI is InChI=1S/C9H11NO5S2/c11-8(12)1-3-10-6-2-4-17(14,15)5-7(6)16-9(10)13/h1-5H2,(H,11,12). The fourth-order valence-electron chi connectivity index (χ4n) is 1.83. The van der Waals surface area contributed by atoms with Crippen LogP contribution in [0.2, 0.25) is 0 Å². The van der Waals surface area contributed by atoms with E-state index in [1.54, 1.807) is 0 Å². The average Bonchev–Trinajstić information content (AvgIpc) is 2.48. The van der Waals surface area contributed by atoms with Gasteiger partial charge in [0, 0.05) is 23.5 Å². The van der Waals surface area contributed by atoms with Crippen molar-refractivity contribution in [2.24, 2.45) is 0 Å². The highest BCUT2D eigenvalue weighted by Crippen LogP contribution is 2.23. The number of aromatic nitrogens is 1. The molecule has 0 amide bonds. The molecule has 0 aliphatic carbocycles. The molecule has 1 aliphatic heterocycles. The van der Waals surface area contributed by atoms with Crippen molar-refractivity contribution in [2.45, 2.75) is 25.1 Å². The summed E-state index contributed by atoms with van der Waals surface area (Å²) in [7, 11) is -3.09. The van der Waals surface area contributed by atoms with Gasteiger partial charge in [0.1, 0.15) is 0 Å². The molecule has 0 bridgehead atoms. The molecule has 0 saturated carbocycles. The molecular weight excluding hydrogens is 266 g/mol. The van der Waals surface area contributed by atoms with E-state index in [0.29, 0.717) is 17.0 Å². The number of fused-ring (bicyclic) bond motifs is 1. The fourth-order valence-corrected chi connectivity index (χ4v) is 4.67. The number of sulfone groups is 1. The van der Waals surface area contributed by atoms with Crippen LogP contribution in [0.15, 0.2) is 4.79 Å². The maximum absolute atomic E-state index is 11.6. The molecule has 0 unspecified atom stereocenters. The molecule has 94 valence electrons. The number of hydrogen-bond donors (Lipinski definition) is 1. The number of hydrogen-bond acceptors (Lipinski definition) is 5. The first-order chi connectivity index (χ1) is 7.89. The zero-order valence-electron chi connectivity index (χ0n) is 8.88. The lowest BCUT2D eigenvalue weighted by atomic mass is 10.3. The van der Waals surface area contributed by atoms with Crippen LogP contribution < -0.4 is 4.87 Å². The van der Waals surface area contributed by atoms with E-state index < -0.39 is 15.8 Å². The summed E-state index contributed by atoms with van der Waals surface area (Å²) in [6, 6.07) is 0. The van der Waals surface area contributed by atoms with E-state index in [9.17, 15) is 18.0 Å². The first-order valence-electron chi connectivity index (χ1n) is 5.02. The van der Waals surface area contributed by atoms with Gasteiger partial charge in [-0.1, -0.05) is 11.3 Å². The predicted molar refractivity (Wildman–Crippen MR) is 62.0 cm³/mol. The number of carbonyl (C=O) groups is 1. The van der Waals surface area contributed by atoms with Gasteiger partial charge in [-0.05, 0) is 0 Å². The van der Waals surface area contributed by atoms with E-state index in [2.05, 4.69) is 0 Å². The van der Waals surface area contributed by atoms with Gasteiger partial charge in [-0.2, -0.15) is 0 Å². The molecule has 17 heavy (non-hydrogen) atoms. The molecule has 2 heterocycles. The molecule has 0 radical (unpaired) electrons. The van der Waals surface area contributed by atoms with Crippen molar-refractivity contribution in [3.8, 4) is 0 Å². The Morgan fingerprint density at radius 3 is 2.82 bits per heavy atom. The Kier molecular flexibility index (Phi) is 3.09. The quantitative estimate of drug-likeness (QED) is 0.829. The van der Waals surface area contributed by atoms with Gasteiger partial charge < -0.3 is 9.67 Å². The van der Waals surface area contributed by atoms with Crippen molar-refractivity contribution < 1.29 is 18.3 Å². The topological polar surface area (TPSA) is 93.4 Å². The van der Waals surface area contributed by atoms with Crippen LogP contribution in [0.5, 0.6) is 0 Å². The van der Waals surface area contributed by atoms with E-state index in [4.69, 9.17) is 5.11 Å². The van der Waals surface area contributed by atoms with Crippen LogP contribution in [0, 0.1) is 0 Å². The largest absolute Gasteiger partial charge is 0.481 e. The van der Waals surface area contributed by atoms with Crippen LogP contribution in [0.25, 0.3) is 0 Å². The van der Waals surface area contributed by atoms with E-state index in [1.807, 2.05) is 0 Å². The van der Waals surface area contributed by atoms with Crippen LogP contribution >= 0.6 is 11.3 Å². The molecule has 0 fully saturated rings. The normalized spacial score (nSPS) is 17.6. The lowest BCUT2D eigenvalue weighted by Crippen LogP contribution is -2.23. The van der Waals surface area contributed by atoms with Crippen LogP contribution in [-0.4, -0.2) is 29.8 Å². The number of carboxylic acid groups (broad SMARTS) is 1. The Morgan fingerprint density at radius 2 is 2.18 bits per heavy atom. The molecule has 1 aliphatic rings. The molecule has 1 aromatic rings. The maximum Gasteiger partial charge on any atom is 0.307 e. The van der Waals surface area contributed by atoms with Crippen LogP contribution in [0.4, 0.5) is 0 Å². The second kappa shape index (κ2) is 4.26. The molecule has 6 nitrogen and oxygen atoms in total. The Labute approximate surface area is 101 Å². The van der Waals surface area contributed by atoms with Gasteiger partial charge in [0.15, 0.2) is 9.84 Å². The number of thiazole rings is 1. The zero-order valence-corrected chi connectivity index (χ0v) is 10.5. The fraction of sp³-hybridized carbons (Fsp3) is 0.556. The van der Waals surface area contributed by atoms with E-state index >= 15 is 0 Å². The SMILES string of the molecule is O=C(O)CCn1c2c(sc1=O)CS(=O)(=O)CC2. The number of carboxylic acids is 1. The van der Waals surface area contributed by atoms with Gasteiger partial charge in [-0.25, -0.2) is 8.42 Å². The van der Waals surface area contributed by atoms with Gasteiger partial charge >= 0.3 is 10.8 Å². The smallest absolute Gasteiger partial charge is 0.307 e. The van der Waals surface area contributed by atoms with Crippen molar-refractivity contribution >= 4 is 27.1 Å². The molecule has 1 N–H and O–H groups in total. The Morgan fingerprint density at radius 1 is 1.47 bits per heavy atom. The van der Waals surface area contributed by atoms with Crippen LogP contribution in [-0.2, 0) is 33.4 Å². The van der Waals surface area contributed by atoms with Crippen molar-refractivity contribution in [1.29, 1.82) is 0 Å². The second-order valence-electron chi connectivity index (χ2n) is 3.88. The molecule has 0 atom stereocenters. The summed E-state index contributed by atoms with van der Waals surface area (Å²) in [6.45, 7) is 0.111. The number of nitrogens with zero attached hydrogens (tertiary/aromatic N) is 1. The molecule has 0 aromatic carbocycles. The highest BCUT2D eigenvalue weighted by Gasteiger charge is 2.26. The molecular formula is C9H11NO5S2. The van der Waals surface area contributed by atoms with Gasteiger partial charge in [0.25, 0.3) is 0 Å². The third-order valence-corrected chi connectivity index (χ3v) is 5.39. The summed E-state index contributed by atoms with van der Waals surface area (Å²) < 4.78 is 24.2. The zero-order chi connectivity index (χ0) is 12.6. The summed E-state index contributed by atoms with van der Waals surface area (Å²) in [5.41, 5.74) is 0.691. The van der Waals surface area contributed by atoms with E-state index in [1.165, 1.54) is 4.57 Å². The minimum atomic E-state index is -3.09. The number of aliphatic carboxylic acids is 1. The summed E-state index contributed by atoms with van der Waals surface area (Å²) >= 11 is 0.906. The Balaban J connectivity index is 2.34. The van der Waals surface area contributed by atoms with Gasteiger partial charge in [0.2, 0.25) is 0 Å². The first kappa shape index (κ1) is 12.3. The summed E-state index contributed by atoms with van der Waals surface area (Å²) in [5.74, 6) is -1.04. The third kappa shape index (κ3) is 2.58. The summed E-state index contributed by atoms with van der Waals surface area (Å²) in [4.78, 5) is 22.4. The summed E-state index contributed by atoms with van der Waals surface area (Å²) in [6.07, 6.45) is 0.172. The number of rotatable bonds is 3. The van der Waals surface area contributed by atoms with Crippen LogP contribution in [0.1, 0.15) is 17.0 Å². The first-order valence-corrected chi connectivity index (χ1v) is 7.66. The minimum absolute atomic E-state index is 0.0310. The minimum Gasteiger partial charge on any atom is -0.481 e. The molecule has 1 aromatic heterocycles. The van der Waals surface area contributed by atoms with Crippen molar-refractivity contribution in [2.75, 3.05) is 5.75 Å². The van der Waals surface area contributed by atoms with Crippen molar-refractivity contribution in [1.82, 2.24) is 4.57 Å². The Hall–Kier alpha value is -1.15. The molecule has 0 saturated heterocycles. The lowest BCUT2D eigenvalue weighted by Gasteiger charge is -2.14. The van der Waals surface area contributed by atoms with Crippen molar-refractivity contribution in [3.05, 3.63) is 20.2 Å². The van der Waals surface area contributed by atoms with Crippen LogP contribution in [0.3, 0.4) is 0 Å². The lowest BCUT2D eigenvalue weighted by molar-refractivity contribution is -0.137. The Bertz CT molecular complexity index is 610. The highest BCUT2D eigenvalue weighted by molar-refractivity contribution is 7.90. The maximum atomic E-state index is 11.6. The van der Waals surface area contributed by atoms with Gasteiger partial charge in [-0.15, -0.1) is 0 Å².